The number of nitrogens with two attached hydrogens (primary N) is 1. The summed E-state index contributed by atoms with van der Waals surface area (Å²) < 4.78 is 5.47. The van der Waals surface area contributed by atoms with Gasteiger partial charge in [-0.3, -0.25) is 0 Å². The van der Waals surface area contributed by atoms with Gasteiger partial charge in [-0.25, -0.2) is 0 Å². The molecule has 1 aliphatic heterocycles. The predicted molar refractivity (Wildman–Crippen MR) is 96.0 cm³/mol. The van der Waals surface area contributed by atoms with Crippen molar-refractivity contribution in [2.24, 2.45) is 11.7 Å². The number of phenolic OH excluding ortho intramolecular Hbond substituents is 1. The normalized spacial score (nSPS) is 18.9. The van der Waals surface area contributed by atoms with E-state index >= 15 is 0 Å². The van der Waals surface area contributed by atoms with Gasteiger partial charge < -0.3 is 15.6 Å². The highest BCUT2D eigenvalue weighted by molar-refractivity contribution is 5.50. The van der Waals surface area contributed by atoms with E-state index in [1.807, 2.05) is 0 Å². The molecule has 1 atom stereocenters. The van der Waals surface area contributed by atoms with Crippen LogP contribution in [0.2, 0.25) is 0 Å². The predicted octanol–water partition coefficient (Wildman–Crippen LogP) is 4.41. The van der Waals surface area contributed by atoms with E-state index in [1.54, 1.807) is 0 Å². The van der Waals surface area contributed by atoms with Gasteiger partial charge in [0.1, 0.15) is 5.75 Å². The molecule has 130 valence electrons. The van der Waals surface area contributed by atoms with Crippen LogP contribution in [0.5, 0.6) is 5.75 Å². The lowest BCUT2D eigenvalue weighted by molar-refractivity contribution is 0.0583. The second kappa shape index (κ2) is 6.45. The molecule has 3 N–H and O–H groups in total. The Bertz CT molecular complexity index is 511. The fourth-order valence-corrected chi connectivity index (χ4v) is 3.34. The van der Waals surface area contributed by atoms with E-state index in [1.165, 1.54) is 0 Å². The maximum Gasteiger partial charge on any atom is 0.123 e. The molecular weight excluding hydrogens is 286 g/mol. The minimum atomic E-state index is -0.116. The van der Waals surface area contributed by atoms with E-state index in [9.17, 15) is 5.11 Å². The van der Waals surface area contributed by atoms with Gasteiger partial charge in [-0.2, -0.15) is 0 Å². The second-order valence-electron chi connectivity index (χ2n) is 8.94. The Kier molecular flexibility index (Phi) is 5.12. The zero-order chi connectivity index (χ0) is 17.4. The maximum atomic E-state index is 10.8. The molecule has 23 heavy (non-hydrogen) atoms. The molecule has 0 radical (unpaired) electrons. The average molecular weight is 319 g/mol. The number of hydrogen-bond donors (Lipinski definition) is 2. The Hall–Kier alpha value is -1.06. The number of benzene rings is 1. The van der Waals surface area contributed by atoms with E-state index in [0.717, 1.165) is 42.7 Å². The summed E-state index contributed by atoms with van der Waals surface area (Å²) in [5.74, 6) is 0.877. The lowest BCUT2D eigenvalue weighted by atomic mass is 9.76. The van der Waals surface area contributed by atoms with Crippen molar-refractivity contribution in [2.45, 2.75) is 71.3 Å². The summed E-state index contributed by atoms with van der Waals surface area (Å²) in [4.78, 5) is 0. The summed E-state index contributed by atoms with van der Waals surface area (Å²) in [6, 6.07) is 4.23. The monoisotopic (exact) mass is 319 g/mol. The van der Waals surface area contributed by atoms with Crippen molar-refractivity contribution >= 4 is 0 Å². The molecule has 2 rings (SSSR count). The molecule has 1 aliphatic rings. The third-order valence-corrected chi connectivity index (χ3v) is 4.91. The smallest absolute Gasteiger partial charge is 0.123 e. The number of rotatable bonds is 2. The number of hydrogen-bond acceptors (Lipinski definition) is 3. The van der Waals surface area contributed by atoms with Gasteiger partial charge in [-0.15, -0.1) is 0 Å². The molecule has 1 aromatic carbocycles. The summed E-state index contributed by atoms with van der Waals surface area (Å²) >= 11 is 0. The van der Waals surface area contributed by atoms with Gasteiger partial charge in [0.15, 0.2) is 0 Å². The Morgan fingerprint density at radius 2 is 1.43 bits per heavy atom. The summed E-state index contributed by atoms with van der Waals surface area (Å²) in [6.45, 7) is 14.4. The van der Waals surface area contributed by atoms with Crippen LogP contribution in [-0.2, 0) is 15.6 Å². The van der Waals surface area contributed by atoms with Crippen LogP contribution in [0.25, 0.3) is 0 Å². The van der Waals surface area contributed by atoms with Gasteiger partial charge in [0.05, 0.1) is 0 Å². The molecule has 0 aliphatic carbocycles. The summed E-state index contributed by atoms with van der Waals surface area (Å²) in [6.07, 6.45) is 2.02. The van der Waals surface area contributed by atoms with Crippen molar-refractivity contribution in [3.8, 4) is 5.75 Å². The van der Waals surface area contributed by atoms with E-state index < -0.39 is 0 Å². The van der Waals surface area contributed by atoms with Crippen LogP contribution in [0.4, 0.5) is 0 Å². The quantitative estimate of drug-likeness (QED) is 0.848. The molecule has 0 bridgehead atoms. The first-order chi connectivity index (χ1) is 10.5. The van der Waals surface area contributed by atoms with Crippen molar-refractivity contribution < 1.29 is 9.84 Å². The van der Waals surface area contributed by atoms with Crippen molar-refractivity contribution in [1.82, 2.24) is 0 Å². The number of phenols is 1. The standard InChI is InChI=1S/C20H33NO2/c1-19(2,3)15-11-14(12-16(18(15)22)20(4,5)6)17(21)13-7-9-23-10-8-13/h11-13,17,22H,7-10,21H2,1-6H3/t17-/m0/s1. The Labute approximate surface area is 141 Å². The molecule has 3 nitrogen and oxygen atoms in total. The van der Waals surface area contributed by atoms with Gasteiger partial charge in [0.2, 0.25) is 0 Å². The van der Waals surface area contributed by atoms with E-state index in [4.69, 9.17) is 10.5 Å². The third kappa shape index (κ3) is 4.07. The van der Waals surface area contributed by atoms with Crippen LogP contribution < -0.4 is 5.73 Å². The first-order valence-electron chi connectivity index (χ1n) is 8.73. The lowest BCUT2D eigenvalue weighted by Gasteiger charge is -2.32. The minimum Gasteiger partial charge on any atom is -0.507 e. The highest BCUT2D eigenvalue weighted by Gasteiger charge is 2.29. The fraction of sp³-hybridized carbons (Fsp3) is 0.700. The summed E-state index contributed by atoms with van der Waals surface area (Å²) in [7, 11) is 0. The van der Waals surface area contributed by atoms with Gasteiger partial charge in [-0.1, -0.05) is 41.5 Å². The molecule has 1 aromatic rings. The van der Waals surface area contributed by atoms with Crippen LogP contribution in [0.1, 0.15) is 77.1 Å². The summed E-state index contributed by atoms with van der Waals surface area (Å²) in [5, 5.41) is 10.8. The molecule has 0 spiro atoms. The molecule has 0 amide bonds. The largest absolute Gasteiger partial charge is 0.507 e. The Balaban J connectivity index is 2.51. The highest BCUT2D eigenvalue weighted by Crippen LogP contribution is 2.42. The van der Waals surface area contributed by atoms with E-state index in [0.29, 0.717) is 11.7 Å². The molecule has 1 heterocycles. The molecule has 1 fully saturated rings. The lowest BCUT2D eigenvalue weighted by Crippen LogP contribution is -2.28. The highest BCUT2D eigenvalue weighted by atomic mass is 16.5. The van der Waals surface area contributed by atoms with Crippen molar-refractivity contribution in [1.29, 1.82) is 0 Å². The Morgan fingerprint density at radius 3 is 1.83 bits per heavy atom. The average Bonchev–Trinajstić information content (AvgIpc) is 2.45. The molecular formula is C20H33NO2. The van der Waals surface area contributed by atoms with Gasteiger partial charge >= 0.3 is 0 Å². The third-order valence-electron chi connectivity index (χ3n) is 4.91. The molecule has 0 aromatic heterocycles. The van der Waals surface area contributed by atoms with Crippen molar-refractivity contribution in [3.63, 3.8) is 0 Å². The van der Waals surface area contributed by atoms with Gasteiger partial charge in [-0.05, 0) is 58.4 Å². The zero-order valence-corrected chi connectivity index (χ0v) is 15.6. The minimum absolute atomic E-state index is 0.00157. The Morgan fingerprint density at radius 1 is 1.00 bits per heavy atom. The number of aromatic hydroxyl groups is 1. The molecule has 0 unspecified atom stereocenters. The second-order valence-corrected chi connectivity index (χ2v) is 8.94. The first kappa shape index (κ1) is 18.3. The fourth-order valence-electron chi connectivity index (χ4n) is 3.34. The van der Waals surface area contributed by atoms with Crippen LogP contribution in [0.3, 0.4) is 0 Å². The maximum absolute atomic E-state index is 10.8. The number of ether oxygens (including phenoxy) is 1. The zero-order valence-electron chi connectivity index (χ0n) is 15.6. The van der Waals surface area contributed by atoms with Gasteiger partial charge in [0.25, 0.3) is 0 Å². The molecule has 0 saturated carbocycles. The van der Waals surface area contributed by atoms with Crippen LogP contribution in [0.15, 0.2) is 12.1 Å². The van der Waals surface area contributed by atoms with Crippen LogP contribution in [0, 0.1) is 5.92 Å². The van der Waals surface area contributed by atoms with E-state index in [-0.39, 0.29) is 16.9 Å². The van der Waals surface area contributed by atoms with Crippen LogP contribution in [-0.4, -0.2) is 18.3 Å². The first-order valence-corrected chi connectivity index (χ1v) is 8.73. The molecule has 3 heteroatoms. The van der Waals surface area contributed by atoms with E-state index in [2.05, 4.69) is 53.7 Å². The molecule has 1 saturated heterocycles. The van der Waals surface area contributed by atoms with Crippen molar-refractivity contribution in [2.75, 3.05) is 13.2 Å². The van der Waals surface area contributed by atoms with Gasteiger partial charge in [0, 0.05) is 19.3 Å². The topological polar surface area (TPSA) is 55.5 Å². The van der Waals surface area contributed by atoms with Crippen molar-refractivity contribution in [3.05, 3.63) is 28.8 Å². The SMILES string of the molecule is CC(C)(C)c1cc([C@@H](N)C2CCOCC2)cc(C(C)(C)C)c1O. The summed E-state index contributed by atoms with van der Waals surface area (Å²) in [5.41, 5.74) is 9.50. The van der Waals surface area contributed by atoms with Crippen LogP contribution >= 0.6 is 0 Å².